The van der Waals surface area contributed by atoms with Gasteiger partial charge in [-0.15, -0.1) is 0 Å². The molecule has 6 nitrogen and oxygen atoms in total. The maximum absolute atomic E-state index is 11.9. The number of amides is 2. The maximum Gasteiger partial charge on any atom is 0.312 e. The van der Waals surface area contributed by atoms with Gasteiger partial charge in [-0.2, -0.15) is 0 Å². The van der Waals surface area contributed by atoms with E-state index in [-0.39, 0.29) is 11.0 Å². The van der Waals surface area contributed by atoms with Crippen LogP contribution in [0.5, 0.6) is 0 Å². The number of urea groups is 1. The van der Waals surface area contributed by atoms with E-state index in [0.29, 0.717) is 19.4 Å². The van der Waals surface area contributed by atoms with Crippen LogP contribution in [-0.2, 0) is 9.22 Å². The lowest BCUT2D eigenvalue weighted by Gasteiger charge is -2.36. The Morgan fingerprint density at radius 1 is 1.32 bits per heavy atom. The number of carbonyl (C=O) groups is 2. The minimum atomic E-state index is -2.12. The molecule has 0 bridgehead atoms. The van der Waals surface area contributed by atoms with Gasteiger partial charge in [0.05, 0.1) is 0 Å². The Bertz CT molecular complexity index is 327. The largest absolute Gasteiger partial charge is 0.518 e. The van der Waals surface area contributed by atoms with Crippen molar-refractivity contribution in [1.82, 2.24) is 5.32 Å². The van der Waals surface area contributed by atoms with Crippen LogP contribution in [-0.4, -0.2) is 32.9 Å². The quantitative estimate of drug-likeness (QED) is 0.506. The standard InChI is InChI=1S/C12H27N3O3Si/c1-12(2,3)19(4,5)18-10(16)9(13)7-6-8-15-11(14)17/h9H,6-8,13H2,1-5H3,(H3,14,15,17)/t9-/m0/s1. The first kappa shape index (κ1) is 17.9. The van der Waals surface area contributed by atoms with Crippen LogP contribution in [0.25, 0.3) is 0 Å². The second-order valence-corrected chi connectivity index (χ2v) is 10.9. The normalized spacial score (nSPS) is 13.8. The summed E-state index contributed by atoms with van der Waals surface area (Å²) in [4.78, 5) is 22.4. The van der Waals surface area contributed by atoms with E-state index in [1.165, 1.54) is 0 Å². The third-order valence-corrected chi connectivity index (χ3v) is 7.78. The zero-order chi connectivity index (χ0) is 15.3. The van der Waals surface area contributed by atoms with E-state index in [2.05, 4.69) is 26.1 Å². The fraction of sp³-hybridized carbons (Fsp3) is 0.833. The molecule has 0 rings (SSSR count). The molecular weight excluding hydrogens is 262 g/mol. The molecule has 0 unspecified atom stereocenters. The van der Waals surface area contributed by atoms with Crippen LogP contribution in [0.1, 0.15) is 33.6 Å². The summed E-state index contributed by atoms with van der Waals surface area (Å²) in [6.45, 7) is 10.6. The van der Waals surface area contributed by atoms with Gasteiger partial charge in [0.2, 0.25) is 0 Å². The van der Waals surface area contributed by atoms with Crippen molar-refractivity contribution in [3.63, 3.8) is 0 Å². The number of nitrogens with two attached hydrogens (primary N) is 2. The molecule has 0 aliphatic carbocycles. The molecule has 5 N–H and O–H groups in total. The molecule has 0 spiro atoms. The Balaban J connectivity index is 4.17. The number of nitrogens with one attached hydrogen (secondary N) is 1. The van der Waals surface area contributed by atoms with E-state index in [4.69, 9.17) is 15.9 Å². The van der Waals surface area contributed by atoms with Crippen molar-refractivity contribution >= 4 is 20.3 Å². The van der Waals surface area contributed by atoms with Crippen molar-refractivity contribution < 1.29 is 14.0 Å². The highest BCUT2D eigenvalue weighted by Crippen LogP contribution is 2.36. The van der Waals surface area contributed by atoms with Gasteiger partial charge in [0.15, 0.2) is 0 Å². The first-order valence-corrected chi connectivity index (χ1v) is 9.40. The van der Waals surface area contributed by atoms with Gasteiger partial charge in [-0.3, -0.25) is 4.79 Å². The summed E-state index contributed by atoms with van der Waals surface area (Å²) in [5, 5.41) is 2.42. The van der Waals surface area contributed by atoms with E-state index in [9.17, 15) is 9.59 Å². The summed E-state index contributed by atoms with van der Waals surface area (Å²) >= 11 is 0. The lowest BCUT2D eigenvalue weighted by Crippen LogP contribution is -2.47. The average Bonchev–Trinajstić information content (AvgIpc) is 2.21. The predicted octanol–water partition coefficient (Wildman–Crippen LogP) is 1.31. The van der Waals surface area contributed by atoms with Crippen molar-refractivity contribution in [3.05, 3.63) is 0 Å². The van der Waals surface area contributed by atoms with E-state index < -0.39 is 20.4 Å². The topological polar surface area (TPSA) is 107 Å². The van der Waals surface area contributed by atoms with E-state index in [1.807, 2.05) is 13.1 Å². The summed E-state index contributed by atoms with van der Waals surface area (Å²) in [6, 6.07) is -1.22. The van der Waals surface area contributed by atoms with Crippen LogP contribution in [0, 0.1) is 0 Å². The van der Waals surface area contributed by atoms with Crippen LogP contribution in [0.2, 0.25) is 18.1 Å². The number of rotatable bonds is 6. The van der Waals surface area contributed by atoms with Crippen molar-refractivity contribution in [2.24, 2.45) is 11.5 Å². The highest BCUT2D eigenvalue weighted by atomic mass is 28.4. The Morgan fingerprint density at radius 3 is 2.26 bits per heavy atom. The van der Waals surface area contributed by atoms with E-state index in [1.54, 1.807) is 0 Å². The zero-order valence-corrected chi connectivity index (χ0v) is 13.6. The number of primary amides is 1. The summed E-state index contributed by atoms with van der Waals surface area (Å²) in [6.07, 6.45) is 1.06. The minimum absolute atomic E-state index is 0.0318. The number of hydrogen-bond donors (Lipinski definition) is 3. The summed E-state index contributed by atoms with van der Waals surface area (Å²) in [5.74, 6) is -0.356. The fourth-order valence-electron chi connectivity index (χ4n) is 1.13. The first-order chi connectivity index (χ1) is 8.47. The molecule has 19 heavy (non-hydrogen) atoms. The van der Waals surface area contributed by atoms with Gasteiger partial charge in [-0.1, -0.05) is 20.8 Å². The smallest absolute Gasteiger partial charge is 0.312 e. The van der Waals surface area contributed by atoms with E-state index in [0.717, 1.165) is 0 Å². The molecule has 2 amide bonds. The highest BCUT2D eigenvalue weighted by molar-refractivity contribution is 6.75. The van der Waals surface area contributed by atoms with Crippen LogP contribution in [0.4, 0.5) is 4.79 Å². The molecule has 0 aromatic heterocycles. The molecule has 0 saturated heterocycles. The summed E-state index contributed by atoms with van der Waals surface area (Å²) in [7, 11) is -2.12. The molecule has 0 aromatic carbocycles. The second kappa shape index (κ2) is 6.90. The third kappa shape index (κ3) is 6.58. The van der Waals surface area contributed by atoms with Gasteiger partial charge in [0.25, 0.3) is 8.32 Å². The Labute approximate surface area is 116 Å². The van der Waals surface area contributed by atoms with Crippen molar-refractivity contribution in [2.45, 2.75) is 57.8 Å². The predicted molar refractivity (Wildman–Crippen MR) is 78.1 cm³/mol. The van der Waals surface area contributed by atoms with Crippen molar-refractivity contribution in [2.75, 3.05) is 6.54 Å². The van der Waals surface area contributed by atoms with Crippen LogP contribution in [0.15, 0.2) is 0 Å². The van der Waals surface area contributed by atoms with Gasteiger partial charge in [-0.25, -0.2) is 4.79 Å². The van der Waals surface area contributed by atoms with Crippen LogP contribution in [0.3, 0.4) is 0 Å². The molecule has 0 fully saturated rings. The third-order valence-electron chi connectivity index (χ3n) is 3.46. The lowest BCUT2D eigenvalue weighted by atomic mass is 10.2. The van der Waals surface area contributed by atoms with Gasteiger partial charge >= 0.3 is 12.0 Å². The fourth-order valence-corrected chi connectivity index (χ4v) is 2.09. The molecule has 0 aliphatic heterocycles. The van der Waals surface area contributed by atoms with Gasteiger partial charge in [0, 0.05) is 6.54 Å². The highest BCUT2D eigenvalue weighted by Gasteiger charge is 2.41. The number of hydrogen-bond acceptors (Lipinski definition) is 4. The summed E-state index contributed by atoms with van der Waals surface area (Å²) in [5.41, 5.74) is 10.7. The van der Waals surface area contributed by atoms with E-state index >= 15 is 0 Å². The molecular formula is C12H27N3O3Si. The minimum Gasteiger partial charge on any atom is -0.518 e. The molecule has 112 valence electrons. The molecule has 0 aliphatic rings. The second-order valence-electron chi connectivity index (χ2n) is 6.22. The van der Waals surface area contributed by atoms with Gasteiger partial charge in [-0.05, 0) is 31.0 Å². The SMILES string of the molecule is CC(C)(C)[Si](C)(C)OC(=O)[C@@H](N)CCCNC(N)=O. The van der Waals surface area contributed by atoms with Crippen LogP contribution < -0.4 is 16.8 Å². The molecule has 0 saturated carbocycles. The van der Waals surface area contributed by atoms with Crippen molar-refractivity contribution in [3.8, 4) is 0 Å². The number of carbonyl (C=O) groups excluding carboxylic acids is 2. The maximum atomic E-state index is 11.9. The Hall–Kier alpha value is -1.08. The molecule has 0 heterocycles. The summed E-state index contributed by atoms with van der Waals surface area (Å²) < 4.78 is 5.61. The molecule has 7 heteroatoms. The molecule has 0 radical (unpaired) electrons. The average molecular weight is 289 g/mol. The molecule has 1 atom stereocenters. The van der Waals surface area contributed by atoms with Crippen LogP contribution >= 0.6 is 0 Å². The Kier molecular flexibility index (Phi) is 6.51. The Morgan fingerprint density at radius 2 is 1.84 bits per heavy atom. The first-order valence-electron chi connectivity index (χ1n) is 6.49. The molecule has 0 aromatic rings. The monoisotopic (exact) mass is 289 g/mol. The van der Waals surface area contributed by atoms with Crippen molar-refractivity contribution in [1.29, 1.82) is 0 Å². The van der Waals surface area contributed by atoms with Gasteiger partial charge < -0.3 is 21.2 Å². The zero-order valence-electron chi connectivity index (χ0n) is 12.6. The lowest BCUT2D eigenvalue weighted by molar-refractivity contribution is -0.137. The van der Waals surface area contributed by atoms with Gasteiger partial charge in [0.1, 0.15) is 6.04 Å².